The zero-order valence-electron chi connectivity index (χ0n) is 24.5. The van der Waals surface area contributed by atoms with Crippen LogP contribution in [0, 0.1) is 5.82 Å². The number of morpholine rings is 1. The summed E-state index contributed by atoms with van der Waals surface area (Å²) in [4.78, 5) is 24.8. The second kappa shape index (κ2) is 18.4. The van der Waals surface area contributed by atoms with Gasteiger partial charge in [0.1, 0.15) is 12.4 Å². The van der Waals surface area contributed by atoms with Crippen molar-refractivity contribution in [3.05, 3.63) is 100 Å². The zero-order chi connectivity index (χ0) is 31.2. The molecule has 43 heavy (non-hydrogen) atoms. The normalized spacial score (nSPS) is 16.7. The maximum absolute atomic E-state index is 14.6. The first kappa shape index (κ1) is 35.1. The van der Waals surface area contributed by atoms with Crippen LogP contribution in [-0.2, 0) is 14.3 Å². The fourth-order valence-corrected chi connectivity index (χ4v) is 6.14. The van der Waals surface area contributed by atoms with Crippen LogP contribution in [0.4, 0.5) is 10.1 Å². The Balaban J connectivity index is 0.000000323. The van der Waals surface area contributed by atoms with Gasteiger partial charge in [0.2, 0.25) is 11.8 Å². The number of rotatable bonds is 9. The molecule has 3 aromatic carbocycles. The number of hydrogen-bond acceptors (Lipinski definition) is 6. The van der Waals surface area contributed by atoms with Gasteiger partial charge in [-0.1, -0.05) is 84.5 Å². The highest BCUT2D eigenvalue weighted by Gasteiger charge is 2.37. The van der Waals surface area contributed by atoms with Crippen molar-refractivity contribution in [1.82, 2.24) is 9.62 Å². The molecule has 5 rings (SSSR count). The smallest absolute Gasteiger partial charge is 0.249 e. The van der Waals surface area contributed by atoms with Gasteiger partial charge in [-0.15, -0.1) is 0 Å². The average molecular weight is 667 g/mol. The lowest BCUT2D eigenvalue weighted by atomic mass is 10.0. The monoisotopic (exact) mass is 665 g/mol. The van der Waals surface area contributed by atoms with E-state index in [0.29, 0.717) is 29.1 Å². The molecule has 1 aliphatic carbocycles. The summed E-state index contributed by atoms with van der Waals surface area (Å²) in [6.45, 7) is 4.65. The highest BCUT2D eigenvalue weighted by molar-refractivity contribution is 8.01. The van der Waals surface area contributed by atoms with E-state index in [1.165, 1.54) is 24.9 Å². The van der Waals surface area contributed by atoms with Crippen molar-refractivity contribution in [3.8, 4) is 0 Å². The van der Waals surface area contributed by atoms with E-state index >= 15 is 0 Å². The van der Waals surface area contributed by atoms with Crippen LogP contribution in [0.2, 0.25) is 10.0 Å². The highest BCUT2D eigenvalue weighted by Crippen LogP contribution is 2.40. The molecule has 2 aliphatic rings. The van der Waals surface area contributed by atoms with Gasteiger partial charge in [0, 0.05) is 28.5 Å². The molecule has 1 N–H and O–H groups in total. The molecule has 0 spiro atoms. The SMILES string of the molecule is CCC(CN(SC1CC1)c1ccccc1F)N1C(=O)COCC1c1ccc(Cl)cc1.CSNC(C)=O.Clc1ccccc1. The number of hydrogen-bond donors (Lipinski definition) is 1. The Hall–Kier alpha value is -2.43. The Labute approximate surface area is 272 Å². The summed E-state index contributed by atoms with van der Waals surface area (Å²) in [5, 5.41) is 1.98. The topological polar surface area (TPSA) is 61.9 Å². The standard InChI is InChI=1S/C23H26ClFN2O2S.C6H5Cl.C3H7NOS/c1-2-18(13-26(30-19-11-12-19)21-6-4-3-5-20(21)25)27-22(14-29-15-23(27)28)16-7-9-17(24)10-8-16;7-6-4-2-1-3-5-6;1-3(5)4-6-2/h3-10,18-19,22H,2,11-15H2,1H3;1-5H;1-2H3,(H,4,5). The van der Waals surface area contributed by atoms with Crippen molar-refractivity contribution >= 4 is 64.6 Å². The van der Waals surface area contributed by atoms with Gasteiger partial charge in [-0.3, -0.25) is 9.59 Å². The number of para-hydroxylation sites is 1. The van der Waals surface area contributed by atoms with E-state index in [-0.39, 0.29) is 36.3 Å². The third-order valence-corrected chi connectivity index (χ3v) is 8.89. The molecule has 0 radical (unpaired) electrons. The number of anilines is 1. The molecule has 11 heteroatoms. The van der Waals surface area contributed by atoms with Crippen molar-refractivity contribution in [3.63, 3.8) is 0 Å². The summed E-state index contributed by atoms with van der Waals surface area (Å²) in [5.41, 5.74) is 1.58. The summed E-state index contributed by atoms with van der Waals surface area (Å²) in [6.07, 6.45) is 4.88. The molecule has 232 valence electrons. The third kappa shape index (κ3) is 11.9. The van der Waals surface area contributed by atoms with Crippen LogP contribution in [0.1, 0.15) is 44.7 Å². The van der Waals surface area contributed by atoms with E-state index in [1.54, 1.807) is 24.3 Å². The number of nitrogens with zero attached hydrogens (tertiary/aromatic N) is 2. The molecule has 1 saturated heterocycles. The number of carbonyl (C=O) groups excluding carboxylic acids is 2. The molecule has 0 bridgehead atoms. The molecule has 0 aromatic heterocycles. The van der Waals surface area contributed by atoms with Crippen LogP contribution in [0.15, 0.2) is 78.9 Å². The summed E-state index contributed by atoms with van der Waals surface area (Å²) in [6, 6.07) is 23.6. The van der Waals surface area contributed by atoms with E-state index in [1.807, 2.05) is 75.9 Å². The fraction of sp³-hybridized carbons (Fsp3) is 0.375. The van der Waals surface area contributed by atoms with Crippen LogP contribution in [-0.4, -0.2) is 54.0 Å². The van der Waals surface area contributed by atoms with Gasteiger partial charge >= 0.3 is 0 Å². The second-order valence-corrected chi connectivity index (χ2v) is 12.7. The van der Waals surface area contributed by atoms with Gasteiger partial charge < -0.3 is 18.7 Å². The quantitative estimate of drug-likeness (QED) is 0.232. The van der Waals surface area contributed by atoms with Gasteiger partial charge in [-0.25, -0.2) is 4.39 Å². The first-order chi connectivity index (χ1) is 20.7. The minimum atomic E-state index is -0.233. The Kier molecular flexibility index (Phi) is 15.0. The maximum atomic E-state index is 14.6. The molecule has 2 fully saturated rings. The highest BCUT2D eigenvalue weighted by atomic mass is 35.5. The number of amides is 2. The van der Waals surface area contributed by atoms with Crippen molar-refractivity contribution in [2.45, 2.75) is 50.4 Å². The Bertz CT molecular complexity index is 1290. The third-order valence-electron chi connectivity index (χ3n) is 6.52. The van der Waals surface area contributed by atoms with Crippen molar-refractivity contribution < 1.29 is 18.7 Å². The summed E-state index contributed by atoms with van der Waals surface area (Å²) < 4.78 is 24.7. The molecule has 2 amide bonds. The lowest BCUT2D eigenvalue weighted by Gasteiger charge is -2.42. The summed E-state index contributed by atoms with van der Waals surface area (Å²) in [7, 11) is 0. The van der Waals surface area contributed by atoms with Gasteiger partial charge in [-0.05, 0) is 73.2 Å². The van der Waals surface area contributed by atoms with E-state index < -0.39 is 0 Å². The lowest BCUT2D eigenvalue weighted by molar-refractivity contribution is -0.152. The lowest BCUT2D eigenvalue weighted by Crippen LogP contribution is -2.52. The van der Waals surface area contributed by atoms with E-state index in [4.69, 9.17) is 27.9 Å². The first-order valence-corrected chi connectivity index (χ1v) is 16.9. The number of halogens is 3. The molecular weight excluding hydrogens is 628 g/mol. The van der Waals surface area contributed by atoms with E-state index in [9.17, 15) is 14.0 Å². The second-order valence-electron chi connectivity index (χ2n) is 9.92. The van der Waals surface area contributed by atoms with Gasteiger partial charge in [-0.2, -0.15) is 0 Å². The first-order valence-electron chi connectivity index (χ1n) is 14.1. The molecular formula is C32H38Cl2FN3O3S2. The van der Waals surface area contributed by atoms with Crippen LogP contribution < -0.4 is 9.03 Å². The summed E-state index contributed by atoms with van der Waals surface area (Å²) in [5.74, 6) is -0.261. The number of ether oxygens (including phenoxy) is 1. The summed E-state index contributed by atoms with van der Waals surface area (Å²) >= 11 is 14.6. The predicted octanol–water partition coefficient (Wildman–Crippen LogP) is 8.22. The Morgan fingerprint density at radius 3 is 2.19 bits per heavy atom. The van der Waals surface area contributed by atoms with Crippen molar-refractivity contribution in [2.75, 3.05) is 30.3 Å². The number of benzene rings is 3. The molecule has 6 nitrogen and oxygen atoms in total. The minimum Gasteiger partial charge on any atom is -0.369 e. The van der Waals surface area contributed by atoms with Crippen molar-refractivity contribution in [1.29, 1.82) is 0 Å². The van der Waals surface area contributed by atoms with E-state index in [0.717, 1.165) is 29.8 Å². The fourth-order valence-electron chi connectivity index (χ4n) is 4.36. The molecule has 3 aromatic rings. The van der Waals surface area contributed by atoms with Crippen LogP contribution in [0.25, 0.3) is 0 Å². The zero-order valence-corrected chi connectivity index (χ0v) is 27.7. The molecule has 1 aliphatic heterocycles. The molecule has 2 atom stereocenters. The van der Waals surface area contributed by atoms with Crippen LogP contribution >= 0.6 is 47.1 Å². The number of carbonyl (C=O) groups is 2. The maximum Gasteiger partial charge on any atom is 0.249 e. The van der Waals surface area contributed by atoms with Gasteiger partial charge in [0.15, 0.2) is 0 Å². The number of nitrogens with one attached hydrogen (secondary N) is 1. The van der Waals surface area contributed by atoms with Crippen LogP contribution in [0.3, 0.4) is 0 Å². The Morgan fingerprint density at radius 2 is 1.67 bits per heavy atom. The molecule has 2 unspecified atom stereocenters. The van der Waals surface area contributed by atoms with E-state index in [2.05, 4.69) is 11.6 Å². The average Bonchev–Trinajstić information content (AvgIpc) is 3.81. The largest absolute Gasteiger partial charge is 0.369 e. The molecule has 1 saturated carbocycles. The van der Waals surface area contributed by atoms with Crippen molar-refractivity contribution in [2.24, 2.45) is 0 Å². The molecule has 1 heterocycles. The minimum absolute atomic E-state index is 0.00231. The van der Waals surface area contributed by atoms with Gasteiger partial charge in [0.25, 0.3) is 0 Å². The predicted molar refractivity (Wildman–Crippen MR) is 179 cm³/mol. The Morgan fingerprint density at radius 1 is 1.05 bits per heavy atom. The van der Waals surface area contributed by atoms with Crippen LogP contribution in [0.5, 0.6) is 0 Å². The van der Waals surface area contributed by atoms with Gasteiger partial charge in [0.05, 0.1) is 30.9 Å².